The lowest BCUT2D eigenvalue weighted by atomic mass is 9.91. The molecule has 0 aliphatic carbocycles. The van der Waals surface area contributed by atoms with Crippen molar-refractivity contribution in [2.45, 2.75) is 26.2 Å². The molecule has 3 heterocycles. The molecule has 0 spiro atoms. The molecule has 1 aliphatic rings. The third-order valence-electron chi connectivity index (χ3n) is 4.39. The molecule has 1 aliphatic heterocycles. The van der Waals surface area contributed by atoms with E-state index in [4.69, 9.17) is 11.6 Å². The fourth-order valence-corrected chi connectivity index (χ4v) is 4.19. The maximum absolute atomic E-state index is 12.3. The number of amides is 1. The van der Waals surface area contributed by atoms with Gasteiger partial charge in [-0.15, -0.1) is 11.3 Å². The zero-order valence-electron chi connectivity index (χ0n) is 13.3. The Kier molecular flexibility index (Phi) is 3.70. The van der Waals surface area contributed by atoms with Gasteiger partial charge in [0.2, 0.25) is 5.91 Å². The standard InChI is InChI=1S/C18H16ClN3OS/c1-10-5-6-12(8-14(10)19)22-18-17(11(2)21-22)13(9-16(23)20-18)15-4-3-7-24-15/h3-8,13H,9H2,1-2H3,(H,20,23)/t13-/m0/s1. The van der Waals surface area contributed by atoms with Crippen molar-refractivity contribution >= 4 is 34.7 Å². The molecule has 1 amide bonds. The highest BCUT2D eigenvalue weighted by Gasteiger charge is 2.33. The predicted octanol–water partition coefficient (Wildman–Crippen LogP) is 4.68. The van der Waals surface area contributed by atoms with Crippen molar-refractivity contribution in [3.8, 4) is 5.69 Å². The number of hydrogen-bond donors (Lipinski definition) is 1. The Morgan fingerprint density at radius 2 is 2.17 bits per heavy atom. The van der Waals surface area contributed by atoms with Crippen LogP contribution in [0.15, 0.2) is 35.7 Å². The summed E-state index contributed by atoms with van der Waals surface area (Å²) in [6.45, 7) is 3.95. The first kappa shape index (κ1) is 15.4. The van der Waals surface area contributed by atoms with E-state index >= 15 is 0 Å². The maximum Gasteiger partial charge on any atom is 0.226 e. The molecule has 0 unspecified atom stereocenters. The summed E-state index contributed by atoms with van der Waals surface area (Å²) in [4.78, 5) is 13.5. The number of fused-ring (bicyclic) bond motifs is 1. The molecular weight excluding hydrogens is 342 g/mol. The van der Waals surface area contributed by atoms with E-state index < -0.39 is 0 Å². The van der Waals surface area contributed by atoms with Gasteiger partial charge in [-0.1, -0.05) is 23.7 Å². The van der Waals surface area contributed by atoms with E-state index in [-0.39, 0.29) is 11.8 Å². The number of thiophene rings is 1. The monoisotopic (exact) mass is 357 g/mol. The van der Waals surface area contributed by atoms with Gasteiger partial charge in [0.1, 0.15) is 5.82 Å². The third kappa shape index (κ3) is 2.44. The molecule has 0 radical (unpaired) electrons. The number of nitrogens with zero attached hydrogens (tertiary/aromatic N) is 2. The lowest BCUT2D eigenvalue weighted by molar-refractivity contribution is -0.116. The molecule has 0 fully saturated rings. The van der Waals surface area contributed by atoms with Gasteiger partial charge in [0.15, 0.2) is 0 Å². The van der Waals surface area contributed by atoms with Gasteiger partial charge in [-0.05, 0) is 43.0 Å². The highest BCUT2D eigenvalue weighted by Crippen LogP contribution is 2.41. The van der Waals surface area contributed by atoms with E-state index in [1.54, 1.807) is 16.0 Å². The molecule has 1 atom stereocenters. The van der Waals surface area contributed by atoms with Crippen molar-refractivity contribution in [2.75, 3.05) is 5.32 Å². The molecule has 0 saturated carbocycles. The smallest absolute Gasteiger partial charge is 0.226 e. The van der Waals surface area contributed by atoms with Crippen LogP contribution in [0.3, 0.4) is 0 Å². The normalized spacial score (nSPS) is 16.8. The molecule has 24 heavy (non-hydrogen) atoms. The summed E-state index contributed by atoms with van der Waals surface area (Å²) in [6.07, 6.45) is 0.453. The lowest BCUT2D eigenvalue weighted by Crippen LogP contribution is -2.24. The second-order valence-corrected chi connectivity index (χ2v) is 7.40. The average Bonchev–Trinajstić information content (AvgIpc) is 3.18. The fourth-order valence-electron chi connectivity index (χ4n) is 3.18. The minimum absolute atomic E-state index is 0.0141. The van der Waals surface area contributed by atoms with Crippen molar-refractivity contribution in [3.05, 3.63) is 62.4 Å². The van der Waals surface area contributed by atoms with Gasteiger partial charge in [0.05, 0.1) is 11.4 Å². The number of anilines is 1. The van der Waals surface area contributed by atoms with Crippen LogP contribution in [-0.4, -0.2) is 15.7 Å². The maximum atomic E-state index is 12.3. The largest absolute Gasteiger partial charge is 0.310 e. The fraction of sp³-hybridized carbons (Fsp3) is 0.222. The third-order valence-corrected chi connectivity index (χ3v) is 5.78. The Bertz CT molecular complexity index is 930. The number of carbonyl (C=O) groups is 1. The molecule has 1 N–H and O–H groups in total. The van der Waals surface area contributed by atoms with E-state index in [0.717, 1.165) is 28.3 Å². The van der Waals surface area contributed by atoms with Gasteiger partial charge >= 0.3 is 0 Å². The average molecular weight is 358 g/mol. The minimum Gasteiger partial charge on any atom is -0.310 e. The first-order valence-corrected chi connectivity index (χ1v) is 8.99. The van der Waals surface area contributed by atoms with Gasteiger partial charge in [-0.3, -0.25) is 4.79 Å². The van der Waals surface area contributed by atoms with Crippen LogP contribution < -0.4 is 5.32 Å². The van der Waals surface area contributed by atoms with Crippen LogP contribution >= 0.6 is 22.9 Å². The zero-order chi connectivity index (χ0) is 16.8. The van der Waals surface area contributed by atoms with E-state index in [1.807, 2.05) is 43.5 Å². The number of hydrogen-bond acceptors (Lipinski definition) is 3. The van der Waals surface area contributed by atoms with Crippen molar-refractivity contribution in [2.24, 2.45) is 0 Å². The van der Waals surface area contributed by atoms with Crippen molar-refractivity contribution in [3.63, 3.8) is 0 Å². The van der Waals surface area contributed by atoms with Crippen LogP contribution in [0.1, 0.15) is 34.0 Å². The summed E-state index contributed by atoms with van der Waals surface area (Å²) in [6, 6.07) is 9.91. The van der Waals surface area contributed by atoms with Crippen LogP contribution in [0.4, 0.5) is 5.82 Å². The predicted molar refractivity (Wildman–Crippen MR) is 97.5 cm³/mol. The topological polar surface area (TPSA) is 46.9 Å². The molecule has 122 valence electrons. The summed E-state index contributed by atoms with van der Waals surface area (Å²) in [5.74, 6) is 0.825. The van der Waals surface area contributed by atoms with Gasteiger partial charge < -0.3 is 5.32 Å². The highest BCUT2D eigenvalue weighted by atomic mass is 35.5. The van der Waals surface area contributed by atoms with Crippen molar-refractivity contribution in [1.29, 1.82) is 0 Å². The van der Waals surface area contributed by atoms with E-state index in [1.165, 1.54) is 4.88 Å². The SMILES string of the molecule is Cc1ccc(-n2nc(C)c3c2NC(=O)C[C@H]3c2cccs2)cc1Cl. The van der Waals surface area contributed by atoms with E-state index in [2.05, 4.69) is 16.5 Å². The Morgan fingerprint density at radius 1 is 1.33 bits per heavy atom. The summed E-state index contributed by atoms with van der Waals surface area (Å²) >= 11 is 7.94. The highest BCUT2D eigenvalue weighted by molar-refractivity contribution is 7.10. The summed E-state index contributed by atoms with van der Waals surface area (Å²) in [5, 5.41) is 10.4. The summed E-state index contributed by atoms with van der Waals surface area (Å²) in [5.41, 5.74) is 3.88. The molecule has 0 bridgehead atoms. The first-order chi connectivity index (χ1) is 11.5. The summed E-state index contributed by atoms with van der Waals surface area (Å²) < 4.78 is 1.79. The molecule has 4 nitrogen and oxygen atoms in total. The van der Waals surface area contributed by atoms with Crippen LogP contribution in [0.25, 0.3) is 5.69 Å². The molecule has 4 rings (SSSR count). The number of aryl methyl sites for hydroxylation is 2. The van der Waals surface area contributed by atoms with E-state index in [9.17, 15) is 4.79 Å². The Morgan fingerprint density at radius 3 is 2.88 bits per heavy atom. The minimum atomic E-state index is 0.0141. The number of nitrogens with one attached hydrogen (secondary N) is 1. The number of benzene rings is 1. The second kappa shape index (κ2) is 5.76. The molecular formula is C18H16ClN3OS. The van der Waals surface area contributed by atoms with Crippen LogP contribution in [-0.2, 0) is 4.79 Å². The van der Waals surface area contributed by atoms with E-state index in [0.29, 0.717) is 11.4 Å². The Balaban J connectivity index is 1.89. The van der Waals surface area contributed by atoms with Crippen LogP contribution in [0.2, 0.25) is 5.02 Å². The second-order valence-electron chi connectivity index (χ2n) is 6.01. The molecule has 6 heteroatoms. The summed E-state index contributed by atoms with van der Waals surface area (Å²) in [7, 11) is 0. The van der Waals surface area contributed by atoms with Crippen LogP contribution in [0, 0.1) is 13.8 Å². The molecule has 1 aromatic carbocycles. The molecule has 0 saturated heterocycles. The number of rotatable bonds is 2. The number of halogens is 1. The molecule has 3 aromatic rings. The van der Waals surface area contributed by atoms with Gasteiger partial charge in [0.25, 0.3) is 0 Å². The number of aromatic nitrogens is 2. The first-order valence-electron chi connectivity index (χ1n) is 7.74. The van der Waals surface area contributed by atoms with Crippen molar-refractivity contribution in [1.82, 2.24) is 9.78 Å². The van der Waals surface area contributed by atoms with Gasteiger partial charge in [-0.25, -0.2) is 4.68 Å². The zero-order valence-corrected chi connectivity index (χ0v) is 14.9. The van der Waals surface area contributed by atoms with Crippen LogP contribution in [0.5, 0.6) is 0 Å². The Labute approximate surface area is 149 Å². The Hall–Kier alpha value is -2.11. The lowest BCUT2D eigenvalue weighted by Gasteiger charge is -2.23. The number of carbonyl (C=O) groups excluding carboxylic acids is 1. The quantitative estimate of drug-likeness (QED) is 0.724. The molecule has 2 aromatic heterocycles. The van der Waals surface area contributed by atoms with Gasteiger partial charge in [0, 0.05) is 27.8 Å². The van der Waals surface area contributed by atoms with Crippen molar-refractivity contribution < 1.29 is 4.79 Å². The van der Waals surface area contributed by atoms with Gasteiger partial charge in [-0.2, -0.15) is 5.10 Å².